The first-order chi connectivity index (χ1) is 11.8. The molecule has 0 saturated carbocycles. The summed E-state index contributed by atoms with van der Waals surface area (Å²) >= 11 is 0. The summed E-state index contributed by atoms with van der Waals surface area (Å²) in [6, 6.07) is -0.680. The minimum absolute atomic E-state index is 0.0832. The Kier molecular flexibility index (Phi) is 7.17. The van der Waals surface area contributed by atoms with Crippen molar-refractivity contribution in [2.45, 2.75) is 78.9 Å². The summed E-state index contributed by atoms with van der Waals surface area (Å²) in [4.78, 5) is 28.6. The van der Waals surface area contributed by atoms with E-state index in [1.54, 1.807) is 20.8 Å². The fraction of sp³-hybridized carbons (Fsp3) is 0.778. The monoisotopic (exact) mass is 368 g/mol. The van der Waals surface area contributed by atoms with E-state index in [1.165, 1.54) is 0 Å². The largest absolute Gasteiger partial charge is 0.444 e. The Morgan fingerprint density at radius 3 is 2.23 bits per heavy atom. The van der Waals surface area contributed by atoms with Crippen LogP contribution in [0.15, 0.2) is 4.52 Å². The Bertz CT molecular complexity index is 611. The average Bonchev–Trinajstić information content (AvgIpc) is 2.91. The minimum atomic E-state index is -0.680. The van der Waals surface area contributed by atoms with Crippen molar-refractivity contribution in [3.8, 4) is 0 Å². The highest BCUT2D eigenvalue weighted by molar-refractivity contribution is 5.85. The topological polar surface area (TPSA) is 106 Å². The van der Waals surface area contributed by atoms with E-state index in [1.807, 2.05) is 34.6 Å². The van der Waals surface area contributed by atoms with Gasteiger partial charge < -0.3 is 19.9 Å². The van der Waals surface area contributed by atoms with Crippen molar-refractivity contribution in [2.75, 3.05) is 6.54 Å². The maximum Gasteiger partial charge on any atom is 0.408 e. The third kappa shape index (κ3) is 7.41. The van der Waals surface area contributed by atoms with Crippen LogP contribution >= 0.6 is 0 Å². The molecule has 148 valence electrons. The number of carbonyl (C=O) groups is 2. The lowest BCUT2D eigenvalue weighted by molar-refractivity contribution is -0.124. The van der Waals surface area contributed by atoms with Crippen molar-refractivity contribution >= 4 is 12.0 Å². The molecule has 0 aliphatic heterocycles. The lowest BCUT2D eigenvalue weighted by atomic mass is 9.97. The zero-order chi connectivity index (χ0) is 20.1. The van der Waals surface area contributed by atoms with Crippen molar-refractivity contribution in [1.29, 1.82) is 0 Å². The second-order valence-corrected chi connectivity index (χ2v) is 8.67. The first kappa shape index (κ1) is 21.9. The SMILES string of the molecule is CC(C)C(NC(=O)OC(C)(C)C)C(=O)NCCc1noc(C(C)(C)C)n1. The first-order valence-electron chi connectivity index (χ1n) is 8.90. The number of alkyl carbamates (subject to hydrolysis) is 1. The van der Waals surface area contributed by atoms with Crippen LogP contribution in [0.25, 0.3) is 0 Å². The third-order valence-corrected chi connectivity index (χ3v) is 3.38. The van der Waals surface area contributed by atoms with Gasteiger partial charge in [0.05, 0.1) is 0 Å². The van der Waals surface area contributed by atoms with Gasteiger partial charge in [0.2, 0.25) is 11.8 Å². The number of rotatable bonds is 6. The van der Waals surface area contributed by atoms with Gasteiger partial charge in [-0.1, -0.05) is 39.8 Å². The fourth-order valence-electron chi connectivity index (χ4n) is 2.04. The summed E-state index contributed by atoms with van der Waals surface area (Å²) < 4.78 is 10.4. The maximum absolute atomic E-state index is 12.4. The van der Waals surface area contributed by atoms with Gasteiger partial charge >= 0.3 is 6.09 Å². The first-order valence-corrected chi connectivity index (χ1v) is 8.90. The Morgan fingerprint density at radius 1 is 1.15 bits per heavy atom. The van der Waals surface area contributed by atoms with Gasteiger partial charge in [0.1, 0.15) is 11.6 Å². The highest BCUT2D eigenvalue weighted by atomic mass is 16.6. The smallest absolute Gasteiger partial charge is 0.408 e. The number of nitrogens with one attached hydrogen (secondary N) is 2. The van der Waals surface area contributed by atoms with Crippen LogP contribution in [0.4, 0.5) is 4.79 Å². The number of hydrogen-bond acceptors (Lipinski definition) is 6. The molecule has 1 aromatic heterocycles. The zero-order valence-corrected chi connectivity index (χ0v) is 17.1. The minimum Gasteiger partial charge on any atom is -0.444 e. The molecule has 1 heterocycles. The Labute approximate surface area is 155 Å². The van der Waals surface area contributed by atoms with Crippen LogP contribution < -0.4 is 10.6 Å². The highest BCUT2D eigenvalue weighted by Crippen LogP contribution is 2.19. The molecule has 0 aromatic carbocycles. The van der Waals surface area contributed by atoms with Gasteiger partial charge in [0.15, 0.2) is 5.82 Å². The normalized spacial score (nSPS) is 13.4. The van der Waals surface area contributed by atoms with Crippen LogP contribution in [0.1, 0.15) is 67.1 Å². The molecule has 0 radical (unpaired) electrons. The van der Waals surface area contributed by atoms with E-state index in [9.17, 15) is 9.59 Å². The maximum atomic E-state index is 12.4. The predicted octanol–water partition coefficient (Wildman–Crippen LogP) is 2.58. The average molecular weight is 368 g/mol. The van der Waals surface area contributed by atoms with E-state index >= 15 is 0 Å². The molecular weight excluding hydrogens is 336 g/mol. The van der Waals surface area contributed by atoms with Crippen LogP contribution in [-0.2, 0) is 21.4 Å². The summed E-state index contributed by atoms with van der Waals surface area (Å²) in [7, 11) is 0. The number of nitrogens with zero attached hydrogens (tertiary/aromatic N) is 2. The highest BCUT2D eigenvalue weighted by Gasteiger charge is 2.27. The van der Waals surface area contributed by atoms with E-state index in [0.717, 1.165) is 0 Å². The van der Waals surface area contributed by atoms with E-state index in [-0.39, 0.29) is 17.2 Å². The molecule has 0 aliphatic rings. The lowest BCUT2D eigenvalue weighted by Crippen LogP contribution is -2.51. The quantitative estimate of drug-likeness (QED) is 0.799. The van der Waals surface area contributed by atoms with Gasteiger partial charge in [-0.15, -0.1) is 0 Å². The van der Waals surface area contributed by atoms with Gasteiger partial charge in [-0.3, -0.25) is 4.79 Å². The molecular formula is C18H32N4O4. The van der Waals surface area contributed by atoms with Crippen LogP contribution in [0.3, 0.4) is 0 Å². The summed E-state index contributed by atoms with van der Waals surface area (Å²) in [5.41, 5.74) is -0.833. The second-order valence-electron chi connectivity index (χ2n) is 8.67. The van der Waals surface area contributed by atoms with Crippen LogP contribution in [0.5, 0.6) is 0 Å². The number of carbonyl (C=O) groups excluding carboxylic acids is 2. The Balaban J connectivity index is 2.55. The molecule has 0 fully saturated rings. The summed E-state index contributed by atoms with van der Waals surface area (Å²) in [5, 5.41) is 9.34. The molecule has 1 rings (SSSR count). The Hall–Kier alpha value is -2.12. The van der Waals surface area contributed by atoms with Gasteiger partial charge in [-0.05, 0) is 26.7 Å². The molecule has 8 heteroatoms. The van der Waals surface area contributed by atoms with Crippen LogP contribution in [0.2, 0.25) is 0 Å². The lowest BCUT2D eigenvalue weighted by Gasteiger charge is -2.25. The summed E-state index contributed by atoms with van der Waals surface area (Å²) in [6.45, 7) is 15.3. The van der Waals surface area contributed by atoms with E-state index in [0.29, 0.717) is 24.7 Å². The molecule has 1 atom stereocenters. The van der Waals surface area contributed by atoms with E-state index in [4.69, 9.17) is 9.26 Å². The Morgan fingerprint density at radius 2 is 1.77 bits per heavy atom. The zero-order valence-electron chi connectivity index (χ0n) is 17.1. The van der Waals surface area contributed by atoms with Gasteiger partial charge in [0.25, 0.3) is 0 Å². The molecule has 0 spiro atoms. The van der Waals surface area contributed by atoms with Crippen molar-refractivity contribution in [2.24, 2.45) is 5.92 Å². The molecule has 2 amide bonds. The molecule has 2 N–H and O–H groups in total. The molecule has 26 heavy (non-hydrogen) atoms. The van der Waals surface area contributed by atoms with E-state index < -0.39 is 17.7 Å². The molecule has 0 aliphatic carbocycles. The molecule has 0 bridgehead atoms. The van der Waals surface area contributed by atoms with Crippen molar-refractivity contribution in [1.82, 2.24) is 20.8 Å². The third-order valence-electron chi connectivity index (χ3n) is 3.38. The number of amides is 2. The number of ether oxygens (including phenoxy) is 1. The van der Waals surface area contributed by atoms with Gasteiger partial charge in [-0.2, -0.15) is 4.98 Å². The van der Waals surface area contributed by atoms with Crippen LogP contribution in [0, 0.1) is 5.92 Å². The van der Waals surface area contributed by atoms with Gasteiger partial charge in [-0.25, -0.2) is 4.79 Å². The molecule has 1 unspecified atom stereocenters. The van der Waals surface area contributed by atoms with Crippen molar-refractivity contribution < 1.29 is 18.8 Å². The number of aromatic nitrogens is 2. The second kappa shape index (κ2) is 8.51. The molecule has 1 aromatic rings. The van der Waals surface area contributed by atoms with Crippen molar-refractivity contribution in [3.05, 3.63) is 11.7 Å². The van der Waals surface area contributed by atoms with E-state index in [2.05, 4.69) is 20.8 Å². The summed E-state index contributed by atoms with van der Waals surface area (Å²) in [5.74, 6) is 0.743. The number of hydrogen-bond donors (Lipinski definition) is 2. The summed E-state index contributed by atoms with van der Waals surface area (Å²) in [6.07, 6.45) is -0.165. The molecule has 8 nitrogen and oxygen atoms in total. The van der Waals surface area contributed by atoms with Crippen LogP contribution in [-0.4, -0.2) is 40.3 Å². The standard InChI is InChI=1S/C18H32N4O4/c1-11(2)13(21-16(24)25-18(6,7)8)14(23)19-10-9-12-20-15(26-22-12)17(3,4)5/h11,13H,9-10H2,1-8H3,(H,19,23)(H,21,24). The predicted molar refractivity (Wildman–Crippen MR) is 97.7 cm³/mol. The fourth-order valence-corrected chi connectivity index (χ4v) is 2.04. The molecule has 0 saturated heterocycles. The van der Waals surface area contributed by atoms with Crippen molar-refractivity contribution in [3.63, 3.8) is 0 Å². The van der Waals surface area contributed by atoms with Gasteiger partial charge in [0, 0.05) is 18.4 Å².